The van der Waals surface area contributed by atoms with Crippen molar-refractivity contribution >= 4 is 22.2 Å². The summed E-state index contributed by atoms with van der Waals surface area (Å²) in [5.41, 5.74) is 3.13. The zero-order chi connectivity index (χ0) is 19.1. The molecular weight excluding hydrogens is 348 g/mol. The normalized spacial score (nSPS) is 20.1. The molecule has 1 aliphatic heterocycles. The third-order valence-electron chi connectivity index (χ3n) is 5.86. The number of nitrogens with zero attached hydrogens (tertiary/aromatic N) is 4. The van der Waals surface area contributed by atoms with Gasteiger partial charge in [-0.1, -0.05) is 49.4 Å². The second kappa shape index (κ2) is 6.91. The number of rotatable bonds is 3. The van der Waals surface area contributed by atoms with Gasteiger partial charge in [0, 0.05) is 36.8 Å². The molecule has 4 aromatic rings. The van der Waals surface area contributed by atoms with Gasteiger partial charge >= 0.3 is 0 Å². The number of aliphatic hydroxyl groups is 1. The highest BCUT2D eigenvalue weighted by atomic mass is 16.3. The molecule has 0 bridgehead atoms. The summed E-state index contributed by atoms with van der Waals surface area (Å²) in [6.45, 7) is 3.59. The molecule has 3 heterocycles. The lowest BCUT2D eigenvalue weighted by Gasteiger charge is -2.37. The van der Waals surface area contributed by atoms with E-state index in [0.717, 1.165) is 36.5 Å². The number of benzene rings is 2. The van der Waals surface area contributed by atoms with Crippen LogP contribution >= 0.6 is 0 Å². The van der Waals surface area contributed by atoms with Crippen molar-refractivity contribution in [1.82, 2.24) is 14.6 Å². The predicted octanol–water partition coefficient (Wildman–Crippen LogP) is 3.80. The average Bonchev–Trinajstić information content (AvgIpc) is 3.21. The van der Waals surface area contributed by atoms with Crippen LogP contribution in [0.1, 0.15) is 30.5 Å². The molecule has 1 aliphatic rings. The Hall–Kier alpha value is -2.92. The third kappa shape index (κ3) is 2.92. The second-order valence-electron chi connectivity index (χ2n) is 7.58. The van der Waals surface area contributed by atoms with E-state index >= 15 is 0 Å². The lowest BCUT2D eigenvalue weighted by atomic mass is 9.86. The molecule has 5 heteroatoms. The summed E-state index contributed by atoms with van der Waals surface area (Å²) in [4.78, 5) is 6.87. The Balaban J connectivity index is 1.43. The lowest BCUT2D eigenvalue weighted by molar-refractivity contribution is 0.129. The Morgan fingerprint density at radius 1 is 1.07 bits per heavy atom. The molecule has 142 valence electrons. The fourth-order valence-corrected chi connectivity index (χ4v) is 4.32. The van der Waals surface area contributed by atoms with Crippen LogP contribution in [0.5, 0.6) is 0 Å². The first-order valence-corrected chi connectivity index (χ1v) is 9.98. The fourth-order valence-electron chi connectivity index (χ4n) is 4.32. The summed E-state index contributed by atoms with van der Waals surface area (Å²) in [6, 6.07) is 19.0. The molecule has 1 fully saturated rings. The molecule has 0 saturated carbocycles. The minimum Gasteiger partial charge on any atom is -0.391 e. The number of fused-ring (bicyclic) bond motifs is 2. The number of piperidine rings is 1. The van der Waals surface area contributed by atoms with E-state index in [0.29, 0.717) is 6.54 Å². The summed E-state index contributed by atoms with van der Waals surface area (Å²) in [7, 11) is 0. The minimum atomic E-state index is -0.418. The SMILES string of the molecule is CCc1cc(N2CC[C@H](c3ccc4ccccc4c3)[C@@H](O)C2)n2nccc2n1. The molecule has 0 unspecified atom stereocenters. The Kier molecular flexibility index (Phi) is 4.24. The van der Waals surface area contributed by atoms with Crippen molar-refractivity contribution in [1.29, 1.82) is 0 Å². The molecule has 0 aliphatic carbocycles. The van der Waals surface area contributed by atoms with Gasteiger partial charge in [-0.3, -0.25) is 0 Å². The quantitative estimate of drug-likeness (QED) is 0.594. The van der Waals surface area contributed by atoms with Crippen LogP contribution in [0.15, 0.2) is 60.8 Å². The zero-order valence-electron chi connectivity index (χ0n) is 16.0. The van der Waals surface area contributed by atoms with Crippen molar-refractivity contribution in [2.75, 3.05) is 18.0 Å². The van der Waals surface area contributed by atoms with Gasteiger partial charge in [-0.15, -0.1) is 0 Å². The standard InChI is InChI=1S/C23H24N4O/c1-2-19-14-23(27-22(25-19)9-11-24-27)26-12-10-20(21(28)15-26)18-8-7-16-5-3-4-6-17(16)13-18/h3-9,11,13-14,20-21,28H,2,10,12,15H2,1H3/t20-,21+/m1/s1. The predicted molar refractivity (Wildman–Crippen MR) is 112 cm³/mol. The highest BCUT2D eigenvalue weighted by Crippen LogP contribution is 2.32. The zero-order valence-corrected chi connectivity index (χ0v) is 16.0. The first-order chi connectivity index (χ1) is 13.7. The first-order valence-electron chi connectivity index (χ1n) is 9.98. The molecular formula is C23H24N4O. The van der Waals surface area contributed by atoms with Crippen LogP contribution in [0.2, 0.25) is 0 Å². The summed E-state index contributed by atoms with van der Waals surface area (Å²) in [5, 5.41) is 17.9. The third-order valence-corrected chi connectivity index (χ3v) is 5.86. The van der Waals surface area contributed by atoms with Crippen molar-refractivity contribution < 1.29 is 5.11 Å². The van der Waals surface area contributed by atoms with Crippen molar-refractivity contribution in [3.8, 4) is 0 Å². The van der Waals surface area contributed by atoms with Crippen LogP contribution in [-0.4, -0.2) is 38.9 Å². The van der Waals surface area contributed by atoms with Crippen molar-refractivity contribution in [2.24, 2.45) is 0 Å². The molecule has 5 nitrogen and oxygen atoms in total. The highest BCUT2D eigenvalue weighted by molar-refractivity contribution is 5.83. The summed E-state index contributed by atoms with van der Waals surface area (Å²) < 4.78 is 1.88. The number of aromatic nitrogens is 3. The number of β-amino-alcohol motifs (C(OH)–C–C–N with tert-alkyl or cyclic N) is 1. The molecule has 0 radical (unpaired) electrons. The monoisotopic (exact) mass is 372 g/mol. The van der Waals surface area contributed by atoms with E-state index in [4.69, 9.17) is 0 Å². The van der Waals surface area contributed by atoms with E-state index in [-0.39, 0.29) is 5.92 Å². The summed E-state index contributed by atoms with van der Waals surface area (Å²) >= 11 is 0. The van der Waals surface area contributed by atoms with Gasteiger partial charge < -0.3 is 10.0 Å². The maximum Gasteiger partial charge on any atom is 0.157 e. The van der Waals surface area contributed by atoms with E-state index in [2.05, 4.69) is 70.4 Å². The molecule has 2 aromatic heterocycles. The molecule has 28 heavy (non-hydrogen) atoms. The van der Waals surface area contributed by atoms with E-state index in [1.807, 2.05) is 10.6 Å². The van der Waals surface area contributed by atoms with Crippen molar-refractivity contribution in [3.63, 3.8) is 0 Å². The Morgan fingerprint density at radius 3 is 2.75 bits per heavy atom. The van der Waals surface area contributed by atoms with Crippen LogP contribution in [-0.2, 0) is 6.42 Å². The molecule has 0 spiro atoms. The van der Waals surface area contributed by atoms with E-state index < -0.39 is 6.10 Å². The van der Waals surface area contributed by atoms with Crippen LogP contribution in [0.4, 0.5) is 5.82 Å². The fraction of sp³-hybridized carbons (Fsp3) is 0.304. The molecule has 0 amide bonds. The van der Waals surface area contributed by atoms with Crippen molar-refractivity contribution in [2.45, 2.75) is 31.8 Å². The Labute approximate surface area is 164 Å². The molecule has 2 aromatic carbocycles. The molecule has 5 rings (SSSR count). The smallest absolute Gasteiger partial charge is 0.157 e. The highest BCUT2D eigenvalue weighted by Gasteiger charge is 2.30. The van der Waals surface area contributed by atoms with Gasteiger partial charge in [-0.05, 0) is 29.2 Å². The average molecular weight is 372 g/mol. The Bertz CT molecular complexity index is 1140. The van der Waals surface area contributed by atoms with Gasteiger partial charge in [-0.25, -0.2) is 4.98 Å². The summed E-state index contributed by atoms with van der Waals surface area (Å²) in [5.74, 6) is 1.17. The van der Waals surface area contributed by atoms with Crippen LogP contribution in [0.3, 0.4) is 0 Å². The number of hydrogen-bond acceptors (Lipinski definition) is 4. The van der Waals surface area contributed by atoms with E-state index in [9.17, 15) is 5.11 Å². The number of aryl methyl sites for hydroxylation is 1. The van der Waals surface area contributed by atoms with Gasteiger partial charge in [0.2, 0.25) is 0 Å². The number of aliphatic hydroxyl groups excluding tert-OH is 1. The van der Waals surface area contributed by atoms with Crippen LogP contribution in [0.25, 0.3) is 16.4 Å². The number of anilines is 1. The Morgan fingerprint density at radius 2 is 1.93 bits per heavy atom. The molecule has 1 N–H and O–H groups in total. The van der Waals surface area contributed by atoms with Crippen LogP contribution < -0.4 is 4.90 Å². The van der Waals surface area contributed by atoms with Gasteiger partial charge in [0.1, 0.15) is 5.82 Å². The maximum absolute atomic E-state index is 11.0. The topological polar surface area (TPSA) is 53.7 Å². The number of hydrogen-bond donors (Lipinski definition) is 1. The van der Waals surface area contributed by atoms with Gasteiger partial charge in [0.15, 0.2) is 5.65 Å². The van der Waals surface area contributed by atoms with E-state index in [1.165, 1.54) is 16.3 Å². The van der Waals surface area contributed by atoms with Gasteiger partial charge in [-0.2, -0.15) is 9.61 Å². The summed E-state index contributed by atoms with van der Waals surface area (Å²) in [6.07, 6.45) is 3.15. The largest absolute Gasteiger partial charge is 0.391 e. The van der Waals surface area contributed by atoms with Crippen LogP contribution in [0, 0.1) is 0 Å². The maximum atomic E-state index is 11.0. The first kappa shape index (κ1) is 17.2. The van der Waals surface area contributed by atoms with Gasteiger partial charge in [0.25, 0.3) is 0 Å². The van der Waals surface area contributed by atoms with Crippen molar-refractivity contribution in [3.05, 3.63) is 72.1 Å². The second-order valence-corrected chi connectivity index (χ2v) is 7.58. The molecule has 2 atom stereocenters. The minimum absolute atomic E-state index is 0.154. The molecule has 1 saturated heterocycles. The van der Waals surface area contributed by atoms with E-state index in [1.54, 1.807) is 6.20 Å². The lowest BCUT2D eigenvalue weighted by Crippen LogP contribution is -2.43. The van der Waals surface area contributed by atoms with Gasteiger partial charge in [0.05, 0.1) is 12.3 Å².